The molecule has 28 heavy (non-hydrogen) atoms. The molecule has 0 saturated carbocycles. The molecule has 0 aliphatic rings. The summed E-state index contributed by atoms with van der Waals surface area (Å²) < 4.78 is 32.2. The van der Waals surface area contributed by atoms with Gasteiger partial charge in [-0.3, -0.25) is 4.79 Å². The molecular weight excluding hydrogens is 376 g/mol. The van der Waals surface area contributed by atoms with E-state index < -0.39 is 10.0 Å². The molecule has 3 aromatic rings. The van der Waals surface area contributed by atoms with E-state index >= 15 is 0 Å². The van der Waals surface area contributed by atoms with Gasteiger partial charge in [-0.25, -0.2) is 13.1 Å². The van der Waals surface area contributed by atoms with Crippen LogP contribution < -0.4 is 10.0 Å². The van der Waals surface area contributed by atoms with Gasteiger partial charge in [0.05, 0.1) is 17.7 Å². The lowest BCUT2D eigenvalue weighted by atomic mass is 10.1. The zero-order chi connectivity index (χ0) is 19.8. The predicted octanol–water partition coefficient (Wildman–Crippen LogP) is 3.72. The van der Waals surface area contributed by atoms with Crippen molar-refractivity contribution in [3.05, 3.63) is 84.3 Å². The molecule has 0 unspecified atom stereocenters. The summed E-state index contributed by atoms with van der Waals surface area (Å²) in [6.45, 7) is 0.0786. The third-order valence-electron chi connectivity index (χ3n) is 4.18. The molecule has 3 rings (SSSR count). The largest absolute Gasteiger partial charge is 0.468 e. The highest BCUT2D eigenvalue weighted by Gasteiger charge is 2.14. The summed E-state index contributed by atoms with van der Waals surface area (Å²) in [6.07, 6.45) is 3.48. The molecular formula is C21H22N2O4S. The van der Waals surface area contributed by atoms with Crippen LogP contribution in [0.4, 0.5) is 5.69 Å². The van der Waals surface area contributed by atoms with Gasteiger partial charge in [0.25, 0.3) is 0 Å². The van der Waals surface area contributed by atoms with E-state index in [1.165, 1.54) is 24.0 Å². The molecule has 6 nitrogen and oxygen atoms in total. The number of hydrogen-bond donors (Lipinski definition) is 2. The van der Waals surface area contributed by atoms with E-state index in [9.17, 15) is 13.2 Å². The average Bonchev–Trinajstić information content (AvgIpc) is 3.21. The molecule has 2 aromatic carbocycles. The Bertz CT molecular complexity index is 983. The Kier molecular flexibility index (Phi) is 6.62. The van der Waals surface area contributed by atoms with Crippen LogP contribution in [0, 0.1) is 0 Å². The van der Waals surface area contributed by atoms with Gasteiger partial charge in [0.1, 0.15) is 5.76 Å². The second-order valence-electron chi connectivity index (χ2n) is 6.32. The van der Waals surface area contributed by atoms with Crippen molar-refractivity contribution in [1.29, 1.82) is 0 Å². The van der Waals surface area contributed by atoms with Crippen LogP contribution in [0.15, 0.2) is 82.3 Å². The van der Waals surface area contributed by atoms with Crippen LogP contribution in [-0.4, -0.2) is 14.3 Å². The van der Waals surface area contributed by atoms with E-state index in [4.69, 9.17) is 4.42 Å². The number of benzene rings is 2. The lowest BCUT2D eigenvalue weighted by molar-refractivity contribution is -0.116. The molecule has 0 saturated heterocycles. The Balaban J connectivity index is 1.48. The first kappa shape index (κ1) is 19.9. The van der Waals surface area contributed by atoms with Crippen LogP contribution in [0.25, 0.3) is 0 Å². The SMILES string of the molecule is O=C(CCCc1ccccc1)Nc1ccc(S(=O)(=O)NCc2ccco2)cc1. The number of carbonyl (C=O) groups excluding carboxylic acids is 1. The molecule has 0 aliphatic carbocycles. The molecule has 1 aromatic heterocycles. The Morgan fingerprint density at radius 3 is 2.36 bits per heavy atom. The third-order valence-corrected chi connectivity index (χ3v) is 5.59. The maximum atomic E-state index is 12.3. The van der Waals surface area contributed by atoms with Crippen LogP contribution in [0.3, 0.4) is 0 Å². The highest BCUT2D eigenvalue weighted by molar-refractivity contribution is 7.89. The molecule has 1 amide bonds. The Morgan fingerprint density at radius 1 is 0.929 bits per heavy atom. The quantitative estimate of drug-likeness (QED) is 0.575. The van der Waals surface area contributed by atoms with E-state index in [0.717, 1.165) is 12.8 Å². The van der Waals surface area contributed by atoms with Crippen molar-refractivity contribution in [2.75, 3.05) is 5.32 Å². The summed E-state index contributed by atoms with van der Waals surface area (Å²) in [7, 11) is -3.65. The monoisotopic (exact) mass is 398 g/mol. The number of carbonyl (C=O) groups is 1. The van der Waals surface area contributed by atoms with Gasteiger partial charge in [-0.15, -0.1) is 0 Å². The van der Waals surface area contributed by atoms with Crippen molar-refractivity contribution in [2.24, 2.45) is 0 Å². The van der Waals surface area contributed by atoms with Crippen molar-refractivity contribution >= 4 is 21.6 Å². The predicted molar refractivity (Wildman–Crippen MR) is 107 cm³/mol. The van der Waals surface area contributed by atoms with Gasteiger partial charge in [0, 0.05) is 12.1 Å². The normalized spacial score (nSPS) is 11.3. The van der Waals surface area contributed by atoms with E-state index in [0.29, 0.717) is 17.9 Å². The molecule has 0 bridgehead atoms. The smallest absolute Gasteiger partial charge is 0.240 e. The van der Waals surface area contributed by atoms with Gasteiger partial charge in [0.2, 0.25) is 15.9 Å². The second kappa shape index (κ2) is 9.34. The Labute approximate surface area is 164 Å². The maximum Gasteiger partial charge on any atom is 0.240 e. The van der Waals surface area contributed by atoms with Crippen molar-refractivity contribution in [3.63, 3.8) is 0 Å². The first-order chi connectivity index (χ1) is 13.5. The third kappa shape index (κ3) is 5.80. The minimum absolute atomic E-state index is 0.0786. The summed E-state index contributed by atoms with van der Waals surface area (Å²) in [5, 5.41) is 2.79. The van der Waals surface area contributed by atoms with Gasteiger partial charge >= 0.3 is 0 Å². The summed E-state index contributed by atoms with van der Waals surface area (Å²) in [4.78, 5) is 12.2. The fraction of sp³-hybridized carbons (Fsp3) is 0.190. The number of amides is 1. The lowest BCUT2D eigenvalue weighted by Crippen LogP contribution is -2.23. The summed E-state index contributed by atoms with van der Waals surface area (Å²) in [5.74, 6) is 0.436. The summed E-state index contributed by atoms with van der Waals surface area (Å²) in [6, 6.07) is 19.5. The molecule has 1 heterocycles. The van der Waals surface area contributed by atoms with Gasteiger partial charge in [-0.05, 0) is 54.8 Å². The number of sulfonamides is 1. The number of aryl methyl sites for hydroxylation is 1. The zero-order valence-electron chi connectivity index (χ0n) is 15.3. The van der Waals surface area contributed by atoms with Gasteiger partial charge in [0.15, 0.2) is 0 Å². The number of anilines is 1. The van der Waals surface area contributed by atoms with Crippen LogP contribution in [0.2, 0.25) is 0 Å². The molecule has 0 aliphatic heterocycles. The first-order valence-corrected chi connectivity index (χ1v) is 10.5. The first-order valence-electron chi connectivity index (χ1n) is 8.99. The molecule has 0 radical (unpaired) electrons. The minimum atomic E-state index is -3.65. The zero-order valence-corrected chi connectivity index (χ0v) is 16.1. The molecule has 0 atom stereocenters. The highest BCUT2D eigenvalue weighted by Crippen LogP contribution is 2.15. The highest BCUT2D eigenvalue weighted by atomic mass is 32.2. The summed E-state index contributed by atoms with van der Waals surface area (Å²) >= 11 is 0. The van der Waals surface area contributed by atoms with Crippen molar-refractivity contribution in [3.8, 4) is 0 Å². The lowest BCUT2D eigenvalue weighted by Gasteiger charge is -2.08. The second-order valence-corrected chi connectivity index (χ2v) is 8.08. The summed E-state index contributed by atoms with van der Waals surface area (Å²) in [5.41, 5.74) is 1.77. The van der Waals surface area contributed by atoms with E-state index in [2.05, 4.69) is 10.0 Å². The standard InChI is InChI=1S/C21H22N2O4S/c24-21(10-4-8-17-6-2-1-3-7-17)23-18-11-13-20(14-12-18)28(25,26)22-16-19-9-5-15-27-19/h1-3,5-7,9,11-15,22H,4,8,10,16H2,(H,23,24). The number of rotatable bonds is 9. The average molecular weight is 398 g/mol. The van der Waals surface area contributed by atoms with Crippen LogP contribution in [0.5, 0.6) is 0 Å². The van der Waals surface area contributed by atoms with Crippen LogP contribution >= 0.6 is 0 Å². The molecule has 0 spiro atoms. The van der Waals surface area contributed by atoms with E-state index in [-0.39, 0.29) is 17.3 Å². The molecule has 7 heteroatoms. The van der Waals surface area contributed by atoms with Crippen molar-refractivity contribution in [1.82, 2.24) is 4.72 Å². The number of nitrogens with one attached hydrogen (secondary N) is 2. The number of hydrogen-bond acceptors (Lipinski definition) is 4. The Morgan fingerprint density at radius 2 is 1.68 bits per heavy atom. The number of furan rings is 1. The van der Waals surface area contributed by atoms with Gasteiger partial charge < -0.3 is 9.73 Å². The van der Waals surface area contributed by atoms with Crippen molar-refractivity contribution in [2.45, 2.75) is 30.7 Å². The molecule has 2 N–H and O–H groups in total. The fourth-order valence-corrected chi connectivity index (χ4v) is 3.69. The maximum absolute atomic E-state index is 12.3. The minimum Gasteiger partial charge on any atom is -0.468 e. The van der Waals surface area contributed by atoms with E-state index in [1.807, 2.05) is 30.3 Å². The van der Waals surface area contributed by atoms with Crippen molar-refractivity contribution < 1.29 is 17.6 Å². The molecule has 0 fully saturated rings. The fourth-order valence-electron chi connectivity index (χ4n) is 2.70. The van der Waals surface area contributed by atoms with Gasteiger partial charge in [-0.1, -0.05) is 30.3 Å². The van der Waals surface area contributed by atoms with Crippen LogP contribution in [0.1, 0.15) is 24.2 Å². The van der Waals surface area contributed by atoms with Crippen LogP contribution in [-0.2, 0) is 27.8 Å². The molecule has 146 valence electrons. The topological polar surface area (TPSA) is 88.4 Å². The van der Waals surface area contributed by atoms with E-state index in [1.54, 1.807) is 24.3 Å². The Hall–Kier alpha value is -2.90. The van der Waals surface area contributed by atoms with Gasteiger partial charge in [-0.2, -0.15) is 0 Å².